The number of hydrogen-bond acceptors (Lipinski definition) is 4. The van der Waals surface area contributed by atoms with Crippen LogP contribution in [0, 0.1) is 13.8 Å². The van der Waals surface area contributed by atoms with E-state index in [1.807, 2.05) is 60.9 Å². The third kappa shape index (κ3) is 5.24. The molecule has 0 saturated heterocycles. The van der Waals surface area contributed by atoms with Gasteiger partial charge < -0.3 is 9.47 Å². The molecular formula is C47H34N2O2. The molecule has 1 aliphatic heterocycles. The number of hydrogen-bond donors (Lipinski definition) is 0. The van der Waals surface area contributed by atoms with Crippen molar-refractivity contribution in [3.05, 3.63) is 204 Å². The molecule has 0 radical (unpaired) electrons. The Balaban J connectivity index is 1.22. The van der Waals surface area contributed by atoms with Crippen molar-refractivity contribution in [1.29, 1.82) is 0 Å². The Labute approximate surface area is 297 Å². The molecule has 0 N–H and O–H groups in total. The molecule has 0 bridgehead atoms. The molecule has 0 fully saturated rings. The van der Waals surface area contributed by atoms with E-state index in [-0.39, 0.29) is 0 Å². The summed E-state index contributed by atoms with van der Waals surface area (Å²) in [5.41, 5.74) is 9.84. The van der Waals surface area contributed by atoms with Gasteiger partial charge in [-0.05, 0) is 108 Å². The highest BCUT2D eigenvalue weighted by atomic mass is 16.5. The first-order valence-corrected chi connectivity index (χ1v) is 17.2. The van der Waals surface area contributed by atoms with Crippen molar-refractivity contribution in [2.45, 2.75) is 19.3 Å². The van der Waals surface area contributed by atoms with Crippen molar-refractivity contribution in [3.8, 4) is 45.4 Å². The summed E-state index contributed by atoms with van der Waals surface area (Å²) in [4.78, 5) is 9.88. The van der Waals surface area contributed by atoms with Gasteiger partial charge in [-0.1, -0.05) is 97.1 Å². The fourth-order valence-corrected chi connectivity index (χ4v) is 7.70. The van der Waals surface area contributed by atoms with Crippen LogP contribution in [0.1, 0.15) is 33.5 Å². The molecule has 1 aliphatic rings. The van der Waals surface area contributed by atoms with E-state index >= 15 is 0 Å². The summed E-state index contributed by atoms with van der Waals surface area (Å²) >= 11 is 0. The molecule has 8 aromatic rings. The fourth-order valence-electron chi connectivity index (χ4n) is 7.70. The van der Waals surface area contributed by atoms with Crippen LogP contribution in [0.4, 0.5) is 0 Å². The summed E-state index contributed by atoms with van der Waals surface area (Å²) in [6, 6.07) is 54.4. The Morgan fingerprint density at radius 1 is 0.529 bits per heavy atom. The van der Waals surface area contributed by atoms with Gasteiger partial charge in [-0.3, -0.25) is 9.97 Å². The standard InChI is InChI=1S/C47H34N2O2/c1-31-13-11-14-32(2)46(31)36-25-35(42-28-33-15-3-4-16-34(33)30-49-42)26-39(27-36)50-38-18-12-17-37(29-38)47(45-23-9-10-24-48-45)40-19-5-7-21-43(40)51-44-22-8-6-20-41(44)47/h3-30H,1-2H3. The van der Waals surface area contributed by atoms with Crippen LogP contribution in [-0.4, -0.2) is 9.97 Å². The Bertz CT molecular complexity index is 2510. The quantitative estimate of drug-likeness (QED) is 0.178. The number of nitrogens with zero attached hydrogens (tertiary/aromatic N) is 2. The average molecular weight is 659 g/mol. The predicted octanol–water partition coefficient (Wildman–Crippen LogP) is 11.9. The number of benzene rings is 6. The van der Waals surface area contributed by atoms with E-state index in [0.717, 1.165) is 73.0 Å². The Kier molecular flexibility index (Phi) is 7.44. The number of aryl methyl sites for hydroxylation is 2. The highest BCUT2D eigenvalue weighted by Crippen LogP contribution is 2.55. The van der Waals surface area contributed by atoms with Gasteiger partial charge in [0.05, 0.1) is 16.8 Å². The van der Waals surface area contributed by atoms with Crippen LogP contribution in [0.2, 0.25) is 0 Å². The van der Waals surface area contributed by atoms with Gasteiger partial charge in [-0.2, -0.15) is 0 Å². The van der Waals surface area contributed by atoms with Crippen molar-refractivity contribution in [3.63, 3.8) is 0 Å². The molecular weight excluding hydrogens is 625 g/mol. The monoisotopic (exact) mass is 658 g/mol. The molecule has 6 aromatic carbocycles. The van der Waals surface area contributed by atoms with E-state index < -0.39 is 5.41 Å². The first kappa shape index (κ1) is 30.5. The molecule has 51 heavy (non-hydrogen) atoms. The second-order valence-electron chi connectivity index (χ2n) is 13.1. The zero-order chi connectivity index (χ0) is 34.4. The van der Waals surface area contributed by atoms with Gasteiger partial charge >= 0.3 is 0 Å². The lowest BCUT2D eigenvalue weighted by atomic mass is 9.65. The van der Waals surface area contributed by atoms with Crippen molar-refractivity contribution in [1.82, 2.24) is 9.97 Å². The van der Waals surface area contributed by atoms with Crippen LogP contribution in [-0.2, 0) is 5.41 Å². The molecule has 0 saturated carbocycles. The number of rotatable bonds is 6. The lowest BCUT2D eigenvalue weighted by Gasteiger charge is -2.40. The number of fused-ring (bicyclic) bond motifs is 3. The summed E-state index contributed by atoms with van der Waals surface area (Å²) in [6.45, 7) is 4.32. The van der Waals surface area contributed by atoms with Gasteiger partial charge in [-0.25, -0.2) is 0 Å². The number of para-hydroxylation sites is 2. The van der Waals surface area contributed by atoms with Crippen molar-refractivity contribution < 1.29 is 9.47 Å². The molecule has 3 heterocycles. The van der Waals surface area contributed by atoms with Crippen LogP contribution in [0.3, 0.4) is 0 Å². The minimum Gasteiger partial charge on any atom is -0.457 e. The zero-order valence-electron chi connectivity index (χ0n) is 28.4. The summed E-state index contributed by atoms with van der Waals surface area (Å²) in [6.07, 6.45) is 3.81. The summed E-state index contributed by atoms with van der Waals surface area (Å²) < 4.78 is 13.4. The van der Waals surface area contributed by atoms with Crippen LogP contribution >= 0.6 is 0 Å². The van der Waals surface area contributed by atoms with Crippen molar-refractivity contribution in [2.24, 2.45) is 0 Å². The normalized spacial score (nSPS) is 12.8. The second kappa shape index (κ2) is 12.4. The average Bonchev–Trinajstić information content (AvgIpc) is 3.17. The maximum Gasteiger partial charge on any atom is 0.132 e. The van der Waals surface area contributed by atoms with Crippen LogP contribution < -0.4 is 9.47 Å². The molecule has 0 atom stereocenters. The van der Waals surface area contributed by atoms with Gasteiger partial charge in [0.15, 0.2) is 0 Å². The molecule has 2 aromatic heterocycles. The fraction of sp³-hybridized carbons (Fsp3) is 0.0638. The first-order valence-electron chi connectivity index (χ1n) is 17.2. The molecule has 0 aliphatic carbocycles. The third-order valence-corrected chi connectivity index (χ3v) is 9.96. The number of ether oxygens (including phenoxy) is 2. The molecule has 0 spiro atoms. The molecule has 0 unspecified atom stereocenters. The van der Waals surface area contributed by atoms with E-state index in [1.54, 1.807) is 0 Å². The largest absolute Gasteiger partial charge is 0.457 e. The molecule has 244 valence electrons. The van der Waals surface area contributed by atoms with Crippen molar-refractivity contribution >= 4 is 10.8 Å². The molecule has 9 rings (SSSR count). The summed E-state index contributed by atoms with van der Waals surface area (Å²) in [5, 5.41) is 2.26. The highest BCUT2D eigenvalue weighted by molar-refractivity contribution is 5.86. The lowest BCUT2D eigenvalue weighted by molar-refractivity contribution is 0.431. The van der Waals surface area contributed by atoms with Gasteiger partial charge in [0, 0.05) is 34.5 Å². The van der Waals surface area contributed by atoms with Gasteiger partial charge in [-0.15, -0.1) is 0 Å². The molecule has 0 amide bonds. The number of aromatic nitrogens is 2. The van der Waals surface area contributed by atoms with Crippen LogP contribution in [0.5, 0.6) is 23.0 Å². The molecule has 4 heteroatoms. The predicted molar refractivity (Wildman–Crippen MR) is 205 cm³/mol. The highest BCUT2D eigenvalue weighted by Gasteiger charge is 2.46. The summed E-state index contributed by atoms with van der Waals surface area (Å²) in [7, 11) is 0. The number of pyridine rings is 2. The maximum atomic E-state index is 6.88. The van der Waals surface area contributed by atoms with Crippen LogP contribution in [0.25, 0.3) is 33.2 Å². The van der Waals surface area contributed by atoms with Crippen molar-refractivity contribution in [2.75, 3.05) is 0 Å². The zero-order valence-corrected chi connectivity index (χ0v) is 28.4. The van der Waals surface area contributed by atoms with Gasteiger partial charge in [0.25, 0.3) is 0 Å². The Morgan fingerprint density at radius 3 is 1.94 bits per heavy atom. The maximum absolute atomic E-state index is 6.88. The Morgan fingerprint density at radius 2 is 1.20 bits per heavy atom. The van der Waals surface area contributed by atoms with Crippen LogP contribution in [0.15, 0.2) is 170 Å². The van der Waals surface area contributed by atoms with E-state index in [1.165, 1.54) is 16.7 Å². The molecule has 4 nitrogen and oxygen atoms in total. The second-order valence-corrected chi connectivity index (χ2v) is 13.1. The topological polar surface area (TPSA) is 44.2 Å². The smallest absolute Gasteiger partial charge is 0.132 e. The first-order chi connectivity index (χ1) is 25.1. The van der Waals surface area contributed by atoms with E-state index in [4.69, 9.17) is 19.4 Å². The van der Waals surface area contributed by atoms with Gasteiger partial charge in [0.2, 0.25) is 0 Å². The van der Waals surface area contributed by atoms with E-state index in [0.29, 0.717) is 0 Å². The summed E-state index contributed by atoms with van der Waals surface area (Å²) in [5.74, 6) is 3.07. The minimum atomic E-state index is -0.744. The van der Waals surface area contributed by atoms with Gasteiger partial charge in [0.1, 0.15) is 23.0 Å². The lowest BCUT2D eigenvalue weighted by Crippen LogP contribution is -2.35. The van der Waals surface area contributed by atoms with E-state index in [2.05, 4.69) is 123 Å². The SMILES string of the molecule is Cc1cccc(C)c1-c1cc(Oc2cccc(C3(c4ccccn4)c4ccccc4Oc4ccccc43)c2)cc(-c2cc3ccccc3cn2)c1. The third-order valence-electron chi connectivity index (χ3n) is 9.96. The minimum absolute atomic E-state index is 0.723. The van der Waals surface area contributed by atoms with E-state index in [9.17, 15) is 0 Å². The Hall–Kier alpha value is -6.52.